The number of hydrogen-bond acceptors (Lipinski definition) is 3. The zero-order valence-electron chi connectivity index (χ0n) is 9.53. The average Bonchev–Trinajstić information content (AvgIpc) is 2.21. The van der Waals surface area contributed by atoms with E-state index in [1.807, 2.05) is 26.0 Å². The van der Waals surface area contributed by atoms with Gasteiger partial charge in [0.15, 0.2) is 0 Å². The summed E-state index contributed by atoms with van der Waals surface area (Å²) in [5.74, 6) is -0.116. The van der Waals surface area contributed by atoms with Gasteiger partial charge in [-0.1, -0.05) is 6.07 Å². The zero-order valence-corrected chi connectivity index (χ0v) is 10.4. The Morgan fingerprint density at radius 2 is 2.25 bits per heavy atom. The monoisotopic (exact) mass is 239 g/mol. The van der Waals surface area contributed by atoms with Crippen molar-refractivity contribution in [2.45, 2.75) is 31.2 Å². The molecule has 0 aromatic heterocycles. The molecule has 1 aromatic carbocycles. The summed E-state index contributed by atoms with van der Waals surface area (Å²) in [5, 5.41) is 11.6. The van der Waals surface area contributed by atoms with E-state index in [1.165, 1.54) is 0 Å². The molecular weight excluding hydrogens is 222 g/mol. The van der Waals surface area contributed by atoms with Gasteiger partial charge in [0.05, 0.1) is 0 Å². The molecule has 1 unspecified atom stereocenters. The van der Waals surface area contributed by atoms with E-state index in [-0.39, 0.29) is 18.6 Å². The predicted molar refractivity (Wildman–Crippen MR) is 67.1 cm³/mol. The Bertz CT molecular complexity index is 379. The quantitative estimate of drug-likeness (QED) is 0.702. The van der Waals surface area contributed by atoms with Crippen LogP contribution in [0.15, 0.2) is 23.1 Å². The van der Waals surface area contributed by atoms with Crippen molar-refractivity contribution in [3.8, 4) is 0 Å². The fourth-order valence-corrected chi connectivity index (χ4v) is 1.63. The molecule has 0 spiro atoms. The summed E-state index contributed by atoms with van der Waals surface area (Å²) in [5.41, 5.74) is 1.56. The first-order valence-electron chi connectivity index (χ1n) is 5.26. The summed E-state index contributed by atoms with van der Waals surface area (Å²) >= 11 is 4.21. The van der Waals surface area contributed by atoms with Gasteiger partial charge in [0.2, 0.25) is 0 Å². The normalized spacial score (nSPS) is 12.2. The summed E-state index contributed by atoms with van der Waals surface area (Å²) in [7, 11) is 0. The van der Waals surface area contributed by atoms with Gasteiger partial charge in [-0.05, 0) is 38.0 Å². The third-order valence-electron chi connectivity index (χ3n) is 2.41. The van der Waals surface area contributed by atoms with Crippen LogP contribution in [0.25, 0.3) is 0 Å². The Morgan fingerprint density at radius 1 is 1.56 bits per heavy atom. The Balaban J connectivity index is 2.76. The molecule has 0 heterocycles. The smallest absolute Gasteiger partial charge is 0.251 e. The molecule has 4 heteroatoms. The maximum absolute atomic E-state index is 11.9. The lowest BCUT2D eigenvalue weighted by Gasteiger charge is -2.13. The largest absolute Gasteiger partial charge is 0.396 e. The number of rotatable bonds is 4. The third-order valence-corrected chi connectivity index (χ3v) is 2.68. The molecule has 0 fully saturated rings. The second-order valence-corrected chi connectivity index (χ2v) is 4.40. The van der Waals surface area contributed by atoms with Crippen LogP contribution in [-0.4, -0.2) is 23.7 Å². The van der Waals surface area contributed by atoms with Crippen molar-refractivity contribution in [1.82, 2.24) is 5.32 Å². The van der Waals surface area contributed by atoms with E-state index in [4.69, 9.17) is 5.11 Å². The van der Waals surface area contributed by atoms with Gasteiger partial charge in [-0.15, -0.1) is 12.6 Å². The number of benzene rings is 1. The van der Waals surface area contributed by atoms with Gasteiger partial charge in [0.1, 0.15) is 0 Å². The molecule has 0 aliphatic heterocycles. The number of carbonyl (C=O) groups is 1. The van der Waals surface area contributed by atoms with Crippen molar-refractivity contribution in [1.29, 1.82) is 0 Å². The minimum absolute atomic E-state index is 0.0273. The first-order chi connectivity index (χ1) is 7.54. The highest BCUT2D eigenvalue weighted by Gasteiger charge is 2.11. The molecule has 0 bridgehead atoms. The van der Waals surface area contributed by atoms with Gasteiger partial charge in [-0.3, -0.25) is 4.79 Å². The number of aliphatic hydroxyl groups excluding tert-OH is 1. The van der Waals surface area contributed by atoms with Crippen LogP contribution >= 0.6 is 12.6 Å². The van der Waals surface area contributed by atoms with E-state index in [9.17, 15) is 4.79 Å². The lowest BCUT2D eigenvalue weighted by Crippen LogP contribution is -2.33. The standard InChI is InChI=1S/C12H17NO2S/c1-8-3-4-10(16)7-11(8)12(15)13-9(2)5-6-14/h3-4,7,9,14,16H,5-6H2,1-2H3,(H,13,15). The minimum atomic E-state index is -0.116. The van der Waals surface area contributed by atoms with Gasteiger partial charge in [-0.2, -0.15) is 0 Å². The molecule has 0 saturated carbocycles. The molecule has 0 radical (unpaired) electrons. The van der Waals surface area contributed by atoms with Crippen LogP contribution in [-0.2, 0) is 0 Å². The number of amides is 1. The highest BCUT2D eigenvalue weighted by molar-refractivity contribution is 7.80. The van der Waals surface area contributed by atoms with E-state index in [0.29, 0.717) is 12.0 Å². The number of carbonyl (C=O) groups excluding carboxylic acids is 1. The molecule has 1 rings (SSSR count). The maximum Gasteiger partial charge on any atom is 0.251 e. The fraction of sp³-hybridized carbons (Fsp3) is 0.417. The van der Waals surface area contributed by atoms with Crippen molar-refractivity contribution < 1.29 is 9.90 Å². The number of aryl methyl sites for hydroxylation is 1. The Labute approximate surface area is 101 Å². The molecule has 1 amide bonds. The minimum Gasteiger partial charge on any atom is -0.396 e. The fourth-order valence-electron chi connectivity index (χ4n) is 1.42. The number of aliphatic hydroxyl groups is 1. The zero-order chi connectivity index (χ0) is 12.1. The number of thiol groups is 1. The second-order valence-electron chi connectivity index (χ2n) is 3.89. The SMILES string of the molecule is Cc1ccc(S)cc1C(=O)NC(C)CCO. The van der Waals surface area contributed by atoms with E-state index < -0.39 is 0 Å². The van der Waals surface area contributed by atoms with Crippen LogP contribution in [0.2, 0.25) is 0 Å². The average molecular weight is 239 g/mol. The lowest BCUT2D eigenvalue weighted by molar-refractivity contribution is 0.0933. The molecule has 3 nitrogen and oxygen atoms in total. The summed E-state index contributed by atoms with van der Waals surface area (Å²) < 4.78 is 0. The lowest BCUT2D eigenvalue weighted by atomic mass is 10.1. The van der Waals surface area contributed by atoms with E-state index in [2.05, 4.69) is 17.9 Å². The Hall–Kier alpha value is -1.00. The second kappa shape index (κ2) is 5.92. The van der Waals surface area contributed by atoms with E-state index in [1.54, 1.807) is 6.07 Å². The third kappa shape index (κ3) is 3.54. The van der Waals surface area contributed by atoms with Gasteiger partial charge >= 0.3 is 0 Å². The molecular formula is C12H17NO2S. The number of hydrogen-bond donors (Lipinski definition) is 3. The van der Waals surface area contributed by atoms with Crippen LogP contribution < -0.4 is 5.32 Å². The van der Waals surface area contributed by atoms with Gasteiger partial charge < -0.3 is 10.4 Å². The highest BCUT2D eigenvalue weighted by Crippen LogP contribution is 2.14. The Morgan fingerprint density at radius 3 is 2.88 bits per heavy atom. The predicted octanol–water partition coefficient (Wildman–Crippen LogP) is 1.78. The first-order valence-corrected chi connectivity index (χ1v) is 5.70. The van der Waals surface area contributed by atoms with Crippen molar-refractivity contribution in [3.63, 3.8) is 0 Å². The van der Waals surface area contributed by atoms with Crippen LogP contribution in [0, 0.1) is 6.92 Å². The molecule has 0 aliphatic carbocycles. The van der Waals surface area contributed by atoms with Crippen LogP contribution in [0.5, 0.6) is 0 Å². The molecule has 88 valence electrons. The van der Waals surface area contributed by atoms with Crippen molar-refractivity contribution in [3.05, 3.63) is 29.3 Å². The van der Waals surface area contributed by atoms with Gasteiger partial charge in [-0.25, -0.2) is 0 Å². The molecule has 16 heavy (non-hydrogen) atoms. The molecule has 0 aliphatic rings. The summed E-state index contributed by atoms with van der Waals surface area (Å²) in [6.45, 7) is 3.83. The molecule has 1 aromatic rings. The van der Waals surface area contributed by atoms with Gasteiger partial charge in [0, 0.05) is 23.1 Å². The topological polar surface area (TPSA) is 49.3 Å². The van der Waals surface area contributed by atoms with Crippen molar-refractivity contribution >= 4 is 18.5 Å². The van der Waals surface area contributed by atoms with Gasteiger partial charge in [0.25, 0.3) is 5.91 Å². The van der Waals surface area contributed by atoms with Crippen molar-refractivity contribution in [2.75, 3.05) is 6.61 Å². The first kappa shape index (κ1) is 13.1. The molecule has 1 atom stereocenters. The van der Waals surface area contributed by atoms with E-state index in [0.717, 1.165) is 10.5 Å². The molecule has 0 saturated heterocycles. The van der Waals surface area contributed by atoms with Crippen molar-refractivity contribution in [2.24, 2.45) is 0 Å². The summed E-state index contributed by atoms with van der Waals surface area (Å²) in [4.78, 5) is 12.6. The Kier molecular flexibility index (Phi) is 4.83. The molecule has 2 N–H and O–H groups in total. The number of nitrogens with one attached hydrogen (secondary N) is 1. The van der Waals surface area contributed by atoms with Crippen LogP contribution in [0.4, 0.5) is 0 Å². The summed E-state index contributed by atoms with van der Waals surface area (Å²) in [6, 6.07) is 5.44. The maximum atomic E-state index is 11.9. The van der Waals surface area contributed by atoms with Crippen LogP contribution in [0.3, 0.4) is 0 Å². The van der Waals surface area contributed by atoms with E-state index >= 15 is 0 Å². The highest BCUT2D eigenvalue weighted by atomic mass is 32.1. The van der Waals surface area contributed by atoms with Crippen LogP contribution in [0.1, 0.15) is 29.3 Å². The summed E-state index contributed by atoms with van der Waals surface area (Å²) in [6.07, 6.45) is 0.561.